The van der Waals surface area contributed by atoms with Gasteiger partial charge in [-0.25, -0.2) is 0 Å². The molecule has 1 rings (SSSR count). The number of hydrogen-bond donors (Lipinski definition) is 2. The Bertz CT molecular complexity index is 333. The molecule has 0 aliphatic rings. The first-order valence-electron chi connectivity index (χ1n) is 5.24. The second-order valence-corrected chi connectivity index (χ2v) is 4.47. The van der Waals surface area contributed by atoms with E-state index in [2.05, 4.69) is 5.32 Å². The average molecular weight is 244 g/mol. The predicted molar refractivity (Wildman–Crippen MR) is 67.1 cm³/mol. The lowest BCUT2D eigenvalue weighted by Gasteiger charge is -2.30. The number of ether oxygens (including phenoxy) is 1. The van der Waals surface area contributed by atoms with Crippen molar-refractivity contribution in [1.29, 1.82) is 0 Å². The van der Waals surface area contributed by atoms with Crippen molar-refractivity contribution in [2.24, 2.45) is 0 Å². The molecule has 0 heterocycles. The maximum Gasteiger partial charge on any atom is 0.0659 e. The maximum absolute atomic E-state index is 9.40. The standard InChI is InChI=1S/C12H18ClNO2/c1-12(9-15,7-8-16-2)14-11-6-4-3-5-10(11)13/h3-6,14-15H,7-9H2,1-2H3. The summed E-state index contributed by atoms with van der Waals surface area (Å²) in [6, 6.07) is 7.49. The normalized spacial score (nSPS) is 14.5. The molecule has 1 aromatic carbocycles. The fourth-order valence-corrected chi connectivity index (χ4v) is 1.58. The molecule has 0 aromatic heterocycles. The van der Waals surface area contributed by atoms with Crippen molar-refractivity contribution in [3.8, 4) is 0 Å². The number of rotatable bonds is 6. The van der Waals surface area contributed by atoms with Crippen LogP contribution < -0.4 is 5.32 Å². The van der Waals surface area contributed by atoms with Crippen LogP contribution >= 0.6 is 11.6 Å². The molecule has 0 saturated carbocycles. The van der Waals surface area contributed by atoms with Crippen molar-refractivity contribution in [2.45, 2.75) is 18.9 Å². The Morgan fingerprint density at radius 1 is 1.44 bits per heavy atom. The van der Waals surface area contributed by atoms with E-state index in [-0.39, 0.29) is 6.61 Å². The molecular weight excluding hydrogens is 226 g/mol. The molecule has 0 spiro atoms. The van der Waals surface area contributed by atoms with E-state index in [0.717, 1.165) is 5.69 Å². The highest BCUT2D eigenvalue weighted by Crippen LogP contribution is 2.25. The number of halogens is 1. The summed E-state index contributed by atoms with van der Waals surface area (Å²) in [5.74, 6) is 0. The zero-order chi connectivity index (χ0) is 12.0. The lowest BCUT2D eigenvalue weighted by atomic mass is 9.99. The van der Waals surface area contributed by atoms with Gasteiger partial charge >= 0.3 is 0 Å². The molecule has 0 saturated heterocycles. The van der Waals surface area contributed by atoms with Crippen molar-refractivity contribution in [3.63, 3.8) is 0 Å². The van der Waals surface area contributed by atoms with Crippen molar-refractivity contribution >= 4 is 17.3 Å². The van der Waals surface area contributed by atoms with Gasteiger partial charge in [-0.05, 0) is 25.5 Å². The molecule has 0 fully saturated rings. The number of anilines is 1. The first-order chi connectivity index (χ1) is 7.61. The molecule has 1 atom stereocenters. The Labute approximate surface area is 101 Å². The monoisotopic (exact) mass is 243 g/mol. The average Bonchev–Trinajstić information content (AvgIpc) is 2.30. The zero-order valence-electron chi connectivity index (χ0n) is 9.66. The van der Waals surface area contributed by atoms with E-state index in [1.807, 2.05) is 31.2 Å². The largest absolute Gasteiger partial charge is 0.394 e. The fraction of sp³-hybridized carbons (Fsp3) is 0.500. The summed E-state index contributed by atoms with van der Waals surface area (Å²) in [7, 11) is 1.65. The third kappa shape index (κ3) is 3.67. The van der Waals surface area contributed by atoms with Gasteiger partial charge in [0.25, 0.3) is 0 Å². The van der Waals surface area contributed by atoms with Crippen LogP contribution in [-0.2, 0) is 4.74 Å². The van der Waals surface area contributed by atoms with Crippen LogP contribution in [0.4, 0.5) is 5.69 Å². The summed E-state index contributed by atoms with van der Waals surface area (Å²) >= 11 is 6.05. The number of aliphatic hydroxyl groups is 1. The summed E-state index contributed by atoms with van der Waals surface area (Å²) < 4.78 is 5.02. The molecule has 90 valence electrons. The van der Waals surface area contributed by atoms with Gasteiger partial charge in [0.2, 0.25) is 0 Å². The van der Waals surface area contributed by atoms with Crippen molar-refractivity contribution in [2.75, 3.05) is 25.6 Å². The van der Waals surface area contributed by atoms with Crippen LogP contribution in [0, 0.1) is 0 Å². The summed E-state index contributed by atoms with van der Waals surface area (Å²) in [6.07, 6.45) is 0.714. The van der Waals surface area contributed by atoms with Gasteiger partial charge in [0.15, 0.2) is 0 Å². The Morgan fingerprint density at radius 2 is 2.12 bits per heavy atom. The number of benzene rings is 1. The molecule has 1 unspecified atom stereocenters. The van der Waals surface area contributed by atoms with E-state index in [0.29, 0.717) is 18.1 Å². The minimum Gasteiger partial charge on any atom is -0.394 e. The van der Waals surface area contributed by atoms with E-state index >= 15 is 0 Å². The van der Waals surface area contributed by atoms with E-state index in [1.165, 1.54) is 0 Å². The second kappa shape index (κ2) is 6.09. The highest BCUT2D eigenvalue weighted by atomic mass is 35.5. The molecule has 0 aliphatic carbocycles. The molecule has 0 amide bonds. The Balaban J connectivity index is 2.72. The van der Waals surface area contributed by atoms with Crippen LogP contribution in [0.15, 0.2) is 24.3 Å². The van der Waals surface area contributed by atoms with Crippen LogP contribution in [-0.4, -0.2) is 31.0 Å². The molecule has 2 N–H and O–H groups in total. The van der Waals surface area contributed by atoms with Crippen molar-refractivity contribution < 1.29 is 9.84 Å². The first kappa shape index (κ1) is 13.3. The minimum atomic E-state index is -0.416. The van der Waals surface area contributed by atoms with Crippen molar-refractivity contribution in [1.82, 2.24) is 0 Å². The zero-order valence-corrected chi connectivity index (χ0v) is 10.4. The smallest absolute Gasteiger partial charge is 0.0659 e. The summed E-state index contributed by atoms with van der Waals surface area (Å²) in [4.78, 5) is 0. The Morgan fingerprint density at radius 3 is 2.69 bits per heavy atom. The van der Waals surface area contributed by atoms with Crippen LogP contribution in [0.5, 0.6) is 0 Å². The predicted octanol–water partition coefficient (Wildman–Crippen LogP) is 2.54. The number of hydrogen-bond acceptors (Lipinski definition) is 3. The van der Waals surface area contributed by atoms with Gasteiger partial charge in [-0.1, -0.05) is 23.7 Å². The molecule has 0 bridgehead atoms. The molecule has 16 heavy (non-hydrogen) atoms. The van der Waals surface area contributed by atoms with Gasteiger partial charge in [-0.15, -0.1) is 0 Å². The fourth-order valence-electron chi connectivity index (χ4n) is 1.40. The molecular formula is C12H18ClNO2. The van der Waals surface area contributed by atoms with Gasteiger partial charge in [0.1, 0.15) is 0 Å². The quantitative estimate of drug-likeness (QED) is 0.807. The third-order valence-corrected chi connectivity index (χ3v) is 2.85. The second-order valence-electron chi connectivity index (χ2n) is 4.07. The van der Waals surface area contributed by atoms with Crippen molar-refractivity contribution in [3.05, 3.63) is 29.3 Å². The highest BCUT2D eigenvalue weighted by molar-refractivity contribution is 6.33. The molecule has 1 aromatic rings. The number of para-hydroxylation sites is 1. The van der Waals surface area contributed by atoms with Crippen LogP contribution in [0.3, 0.4) is 0 Å². The SMILES string of the molecule is COCCC(C)(CO)Nc1ccccc1Cl. The highest BCUT2D eigenvalue weighted by Gasteiger charge is 2.23. The van der Waals surface area contributed by atoms with Crippen LogP contribution in [0.25, 0.3) is 0 Å². The molecule has 0 aliphatic heterocycles. The lowest BCUT2D eigenvalue weighted by Crippen LogP contribution is -2.40. The first-order valence-corrected chi connectivity index (χ1v) is 5.61. The van der Waals surface area contributed by atoms with E-state index in [4.69, 9.17) is 16.3 Å². The van der Waals surface area contributed by atoms with Gasteiger partial charge in [-0.2, -0.15) is 0 Å². The summed E-state index contributed by atoms with van der Waals surface area (Å²) in [6.45, 7) is 2.56. The van der Waals surface area contributed by atoms with Crippen LogP contribution in [0.2, 0.25) is 5.02 Å². The van der Waals surface area contributed by atoms with E-state index in [9.17, 15) is 5.11 Å². The van der Waals surface area contributed by atoms with E-state index < -0.39 is 5.54 Å². The summed E-state index contributed by atoms with van der Waals surface area (Å²) in [5.41, 5.74) is 0.415. The van der Waals surface area contributed by atoms with Gasteiger partial charge < -0.3 is 15.2 Å². The van der Waals surface area contributed by atoms with Gasteiger partial charge in [0, 0.05) is 13.7 Å². The van der Waals surface area contributed by atoms with E-state index in [1.54, 1.807) is 7.11 Å². The topological polar surface area (TPSA) is 41.5 Å². The lowest BCUT2D eigenvalue weighted by molar-refractivity contribution is 0.146. The molecule has 0 radical (unpaired) electrons. The number of nitrogens with one attached hydrogen (secondary N) is 1. The third-order valence-electron chi connectivity index (χ3n) is 2.52. The number of methoxy groups -OCH3 is 1. The van der Waals surface area contributed by atoms with Crippen LogP contribution in [0.1, 0.15) is 13.3 Å². The minimum absolute atomic E-state index is 0.0293. The van der Waals surface area contributed by atoms with Gasteiger partial charge in [0.05, 0.1) is 22.9 Å². The Kier molecular flexibility index (Phi) is 5.06. The molecule has 3 nitrogen and oxygen atoms in total. The molecule has 4 heteroatoms. The Hall–Kier alpha value is -0.770. The summed E-state index contributed by atoms with van der Waals surface area (Å²) in [5, 5.41) is 13.3. The van der Waals surface area contributed by atoms with Gasteiger partial charge in [-0.3, -0.25) is 0 Å². The number of aliphatic hydroxyl groups excluding tert-OH is 1. The maximum atomic E-state index is 9.40.